The van der Waals surface area contributed by atoms with Crippen molar-refractivity contribution in [2.24, 2.45) is 7.05 Å². The summed E-state index contributed by atoms with van der Waals surface area (Å²) < 4.78 is 33.4. The average molecular weight is 411 g/mol. The molecule has 0 spiro atoms. The van der Waals surface area contributed by atoms with E-state index in [1.807, 2.05) is 24.3 Å². The number of nitrogens with zero attached hydrogens (tertiary/aromatic N) is 1. The smallest absolute Gasteiger partial charge is 0.250 e. The molecule has 1 aliphatic rings. The fourth-order valence-corrected chi connectivity index (χ4v) is 4.52. The zero-order chi connectivity index (χ0) is 21.3. The van der Waals surface area contributed by atoms with E-state index in [1.54, 1.807) is 38.0 Å². The number of methoxy groups -OCH3 is 2. The summed E-state index contributed by atoms with van der Waals surface area (Å²) in [5.74, 6) is 0.0814. The lowest BCUT2D eigenvalue weighted by Gasteiger charge is -2.34. The molecule has 0 amide bonds. The maximum atomic E-state index is 14.4. The summed E-state index contributed by atoms with van der Waals surface area (Å²) in [7, 11) is 5.05. The van der Waals surface area contributed by atoms with Gasteiger partial charge in [0, 0.05) is 33.4 Å². The van der Waals surface area contributed by atoms with E-state index in [0.29, 0.717) is 5.75 Å². The van der Waals surface area contributed by atoms with E-state index in [0.717, 1.165) is 41.3 Å². The standard InChI is InChI=1S/C24H26FNO4/c1-26-21-8-6-16(11-17(21)7-9-23(26)27)15-30-20-13-18(12-19(25)14-20)24(29-3)10-4-5-22(24)28-2/h6-9,11-14,22H,4-5,10,15H2,1-3H3. The first-order valence-corrected chi connectivity index (χ1v) is 10.1. The first-order valence-electron chi connectivity index (χ1n) is 10.1. The Bertz CT molecular complexity index is 1130. The maximum absolute atomic E-state index is 14.4. The van der Waals surface area contributed by atoms with Gasteiger partial charge in [-0.1, -0.05) is 6.07 Å². The van der Waals surface area contributed by atoms with Crippen molar-refractivity contribution in [1.29, 1.82) is 0 Å². The highest BCUT2D eigenvalue weighted by Gasteiger charge is 2.45. The minimum atomic E-state index is -0.664. The molecule has 0 radical (unpaired) electrons. The van der Waals surface area contributed by atoms with Crippen molar-refractivity contribution in [3.63, 3.8) is 0 Å². The lowest BCUT2D eigenvalue weighted by molar-refractivity contribution is -0.104. The fraction of sp³-hybridized carbons (Fsp3) is 0.375. The molecule has 1 saturated carbocycles. The Hall–Kier alpha value is -2.70. The van der Waals surface area contributed by atoms with Gasteiger partial charge in [0.25, 0.3) is 5.56 Å². The minimum absolute atomic E-state index is 0.0489. The van der Waals surface area contributed by atoms with Crippen LogP contribution in [0.25, 0.3) is 10.9 Å². The molecule has 1 fully saturated rings. The van der Waals surface area contributed by atoms with Crippen molar-refractivity contribution in [2.45, 2.75) is 37.6 Å². The summed E-state index contributed by atoms with van der Waals surface area (Å²) in [5, 5.41) is 0.949. The number of rotatable bonds is 6. The van der Waals surface area contributed by atoms with Crippen molar-refractivity contribution >= 4 is 10.9 Å². The lowest BCUT2D eigenvalue weighted by atomic mass is 9.89. The summed E-state index contributed by atoms with van der Waals surface area (Å²) in [6.07, 6.45) is 2.48. The van der Waals surface area contributed by atoms with Crippen LogP contribution in [0.4, 0.5) is 4.39 Å². The van der Waals surface area contributed by atoms with E-state index in [9.17, 15) is 9.18 Å². The van der Waals surface area contributed by atoms with Gasteiger partial charge < -0.3 is 18.8 Å². The first kappa shape index (κ1) is 20.6. The average Bonchev–Trinajstić information content (AvgIpc) is 3.19. The molecular formula is C24H26FNO4. The third kappa shape index (κ3) is 3.61. The van der Waals surface area contributed by atoms with Gasteiger partial charge in [-0.25, -0.2) is 4.39 Å². The molecule has 3 aromatic rings. The lowest BCUT2D eigenvalue weighted by Crippen LogP contribution is -2.38. The second kappa shape index (κ2) is 8.20. The number of benzene rings is 2. The summed E-state index contributed by atoms with van der Waals surface area (Å²) >= 11 is 0. The molecule has 0 aliphatic heterocycles. The predicted octanol–water partition coefficient (Wildman–Crippen LogP) is 4.30. The van der Waals surface area contributed by atoms with Crippen molar-refractivity contribution in [3.8, 4) is 5.75 Å². The van der Waals surface area contributed by atoms with Crippen molar-refractivity contribution in [3.05, 3.63) is 75.8 Å². The van der Waals surface area contributed by atoms with Crippen LogP contribution < -0.4 is 10.3 Å². The van der Waals surface area contributed by atoms with Crippen LogP contribution in [0.15, 0.2) is 53.3 Å². The number of hydrogen-bond acceptors (Lipinski definition) is 4. The number of aryl methyl sites for hydroxylation is 1. The van der Waals surface area contributed by atoms with Gasteiger partial charge in [0.2, 0.25) is 0 Å². The topological polar surface area (TPSA) is 49.7 Å². The number of fused-ring (bicyclic) bond motifs is 1. The van der Waals surface area contributed by atoms with E-state index < -0.39 is 5.60 Å². The van der Waals surface area contributed by atoms with Crippen LogP contribution in [0.1, 0.15) is 30.4 Å². The Kier molecular flexibility index (Phi) is 5.62. The zero-order valence-electron chi connectivity index (χ0n) is 17.5. The van der Waals surface area contributed by atoms with Crippen LogP contribution >= 0.6 is 0 Å². The van der Waals surface area contributed by atoms with Crippen molar-refractivity contribution in [2.75, 3.05) is 14.2 Å². The number of pyridine rings is 1. The summed E-state index contributed by atoms with van der Waals surface area (Å²) in [6, 6.07) is 13.9. The molecule has 30 heavy (non-hydrogen) atoms. The summed E-state index contributed by atoms with van der Waals surface area (Å²) in [4.78, 5) is 11.8. The van der Waals surface area contributed by atoms with E-state index in [1.165, 1.54) is 12.1 Å². The van der Waals surface area contributed by atoms with Gasteiger partial charge in [-0.3, -0.25) is 4.79 Å². The molecular weight excluding hydrogens is 385 g/mol. The Morgan fingerprint density at radius 3 is 2.73 bits per heavy atom. The molecule has 158 valence electrons. The van der Waals surface area contributed by atoms with E-state index in [-0.39, 0.29) is 24.1 Å². The normalized spacial score (nSPS) is 21.3. The minimum Gasteiger partial charge on any atom is -0.489 e. The van der Waals surface area contributed by atoms with Crippen LogP contribution in [0.3, 0.4) is 0 Å². The van der Waals surface area contributed by atoms with Gasteiger partial charge in [0.1, 0.15) is 23.8 Å². The van der Waals surface area contributed by atoms with Crippen LogP contribution in [-0.4, -0.2) is 24.9 Å². The third-order valence-corrected chi connectivity index (χ3v) is 6.14. The zero-order valence-corrected chi connectivity index (χ0v) is 17.5. The van der Waals surface area contributed by atoms with Crippen LogP contribution in [0, 0.1) is 5.82 Å². The van der Waals surface area contributed by atoms with Crippen molar-refractivity contribution < 1.29 is 18.6 Å². The first-order chi connectivity index (χ1) is 14.5. The molecule has 1 aromatic heterocycles. The van der Waals surface area contributed by atoms with Gasteiger partial charge in [0.15, 0.2) is 0 Å². The fourth-order valence-electron chi connectivity index (χ4n) is 4.52. The second-order valence-corrected chi connectivity index (χ2v) is 7.80. The van der Waals surface area contributed by atoms with Gasteiger partial charge in [-0.15, -0.1) is 0 Å². The van der Waals surface area contributed by atoms with E-state index in [4.69, 9.17) is 14.2 Å². The predicted molar refractivity (Wildman–Crippen MR) is 113 cm³/mol. The highest BCUT2D eigenvalue weighted by molar-refractivity contribution is 5.79. The maximum Gasteiger partial charge on any atom is 0.250 e. The quantitative estimate of drug-likeness (QED) is 0.607. The van der Waals surface area contributed by atoms with Crippen LogP contribution in [0.2, 0.25) is 0 Å². The SMILES string of the molecule is COC1CCCC1(OC)c1cc(F)cc(OCc2ccc3c(ccc(=O)n3C)c2)c1. The van der Waals surface area contributed by atoms with Gasteiger partial charge >= 0.3 is 0 Å². The van der Waals surface area contributed by atoms with Crippen LogP contribution in [-0.2, 0) is 28.7 Å². The number of aromatic nitrogens is 1. The highest BCUT2D eigenvalue weighted by Crippen LogP contribution is 2.44. The summed E-state index contributed by atoms with van der Waals surface area (Å²) in [5.41, 5.74) is 1.81. The largest absolute Gasteiger partial charge is 0.489 e. The molecule has 2 unspecified atom stereocenters. The van der Waals surface area contributed by atoms with Gasteiger partial charge in [-0.2, -0.15) is 0 Å². The number of ether oxygens (including phenoxy) is 3. The molecule has 0 saturated heterocycles. The highest BCUT2D eigenvalue weighted by atomic mass is 19.1. The van der Waals surface area contributed by atoms with Gasteiger partial charge in [-0.05, 0) is 66.1 Å². The molecule has 1 aliphatic carbocycles. The van der Waals surface area contributed by atoms with E-state index >= 15 is 0 Å². The molecule has 0 N–H and O–H groups in total. The second-order valence-electron chi connectivity index (χ2n) is 7.80. The number of halogens is 1. The summed E-state index contributed by atoms with van der Waals surface area (Å²) in [6.45, 7) is 0.287. The molecule has 2 atom stereocenters. The number of hydrogen-bond donors (Lipinski definition) is 0. The molecule has 2 aromatic carbocycles. The molecule has 1 heterocycles. The Labute approximate surface area is 175 Å². The monoisotopic (exact) mass is 411 g/mol. The Morgan fingerprint density at radius 1 is 1.13 bits per heavy atom. The van der Waals surface area contributed by atoms with Gasteiger partial charge in [0.05, 0.1) is 11.6 Å². The Morgan fingerprint density at radius 2 is 1.97 bits per heavy atom. The third-order valence-electron chi connectivity index (χ3n) is 6.14. The van der Waals surface area contributed by atoms with Crippen LogP contribution in [0.5, 0.6) is 5.75 Å². The molecule has 4 rings (SSSR count). The van der Waals surface area contributed by atoms with Crippen molar-refractivity contribution in [1.82, 2.24) is 4.57 Å². The molecule has 5 nitrogen and oxygen atoms in total. The molecule has 6 heteroatoms. The van der Waals surface area contributed by atoms with E-state index in [2.05, 4.69) is 0 Å². The molecule has 0 bridgehead atoms. The Balaban J connectivity index is 1.59.